The lowest BCUT2D eigenvalue weighted by Crippen LogP contribution is -2.09. The van der Waals surface area contributed by atoms with Crippen LogP contribution < -0.4 is 9.47 Å². The molecule has 0 saturated carbocycles. The molecule has 22 heavy (non-hydrogen) atoms. The molecule has 3 rings (SSSR count). The Kier molecular flexibility index (Phi) is 4.11. The van der Waals surface area contributed by atoms with Gasteiger partial charge >= 0.3 is 0 Å². The first kappa shape index (κ1) is 14.6. The second kappa shape index (κ2) is 6.20. The van der Waals surface area contributed by atoms with Crippen molar-refractivity contribution in [1.29, 1.82) is 0 Å². The van der Waals surface area contributed by atoms with Crippen LogP contribution in [0.25, 0.3) is 0 Å². The molecular formula is C17H13ClO4. The fraction of sp³-hybridized carbons (Fsp3) is 0.176. The minimum Gasteiger partial charge on any atom is -0.454 e. The molecule has 4 nitrogen and oxygen atoms in total. The molecule has 0 spiro atoms. The Morgan fingerprint density at radius 1 is 0.955 bits per heavy atom. The van der Waals surface area contributed by atoms with Gasteiger partial charge in [-0.2, -0.15) is 0 Å². The van der Waals surface area contributed by atoms with Crippen LogP contribution in [0.3, 0.4) is 0 Å². The van der Waals surface area contributed by atoms with E-state index in [2.05, 4.69) is 0 Å². The predicted molar refractivity (Wildman–Crippen MR) is 81.6 cm³/mol. The number of halogens is 1. The molecule has 112 valence electrons. The molecule has 0 atom stereocenters. The van der Waals surface area contributed by atoms with E-state index < -0.39 is 5.24 Å². The number of carbonyl (C=O) groups is 2. The summed E-state index contributed by atoms with van der Waals surface area (Å²) in [6.45, 7) is 0.165. The summed E-state index contributed by atoms with van der Waals surface area (Å²) in [5.74, 6) is 1.17. The third kappa shape index (κ3) is 2.97. The molecule has 0 saturated heterocycles. The molecule has 0 unspecified atom stereocenters. The highest BCUT2D eigenvalue weighted by atomic mass is 35.5. The van der Waals surface area contributed by atoms with Crippen LogP contribution in [0.5, 0.6) is 11.5 Å². The summed E-state index contributed by atoms with van der Waals surface area (Å²) in [5, 5.41) is -0.488. The predicted octanol–water partition coefficient (Wildman–Crippen LogP) is 3.15. The summed E-state index contributed by atoms with van der Waals surface area (Å²) in [6, 6.07) is 12.5. The maximum absolute atomic E-state index is 12.6. The van der Waals surface area contributed by atoms with Crippen LogP contribution in [0, 0.1) is 0 Å². The van der Waals surface area contributed by atoms with Gasteiger partial charge in [0.2, 0.25) is 12.0 Å². The van der Waals surface area contributed by atoms with Gasteiger partial charge in [0.25, 0.3) is 0 Å². The van der Waals surface area contributed by atoms with Crippen LogP contribution in [0.1, 0.15) is 21.5 Å². The number of ketones is 1. The van der Waals surface area contributed by atoms with Gasteiger partial charge in [0.05, 0.1) is 0 Å². The van der Waals surface area contributed by atoms with Crippen molar-refractivity contribution in [3.8, 4) is 11.5 Å². The maximum Gasteiger partial charge on any atom is 0.231 e. The van der Waals surface area contributed by atoms with Crippen molar-refractivity contribution in [3.63, 3.8) is 0 Å². The summed E-state index contributed by atoms with van der Waals surface area (Å²) >= 11 is 5.44. The number of Topliss-reactive ketones (excluding diaryl/α,β-unsaturated/α-hetero) is 1. The van der Waals surface area contributed by atoms with Gasteiger partial charge in [-0.05, 0) is 23.2 Å². The molecule has 0 amide bonds. The van der Waals surface area contributed by atoms with Gasteiger partial charge in [-0.1, -0.05) is 36.4 Å². The molecular weight excluding hydrogens is 304 g/mol. The van der Waals surface area contributed by atoms with E-state index in [4.69, 9.17) is 21.1 Å². The Balaban J connectivity index is 1.87. The summed E-state index contributed by atoms with van der Waals surface area (Å²) in [5.41, 5.74) is 1.91. The molecule has 0 radical (unpaired) electrons. The van der Waals surface area contributed by atoms with E-state index in [-0.39, 0.29) is 25.4 Å². The number of hydrogen-bond acceptors (Lipinski definition) is 4. The zero-order chi connectivity index (χ0) is 15.5. The number of ether oxygens (including phenoxy) is 2. The van der Waals surface area contributed by atoms with Crippen molar-refractivity contribution < 1.29 is 19.1 Å². The molecule has 0 aromatic heterocycles. The highest BCUT2D eigenvalue weighted by molar-refractivity contribution is 6.63. The normalized spacial score (nSPS) is 12.2. The van der Waals surface area contributed by atoms with Crippen LogP contribution in [0.2, 0.25) is 0 Å². The number of fused-ring (bicyclic) bond motifs is 1. The van der Waals surface area contributed by atoms with E-state index >= 15 is 0 Å². The third-order valence-electron chi connectivity index (χ3n) is 3.48. The largest absolute Gasteiger partial charge is 0.454 e. The second-order valence-corrected chi connectivity index (χ2v) is 5.36. The molecule has 0 bridgehead atoms. The first-order valence-corrected chi connectivity index (χ1v) is 7.20. The quantitative estimate of drug-likeness (QED) is 0.628. The Morgan fingerprint density at radius 2 is 1.73 bits per heavy atom. The highest BCUT2D eigenvalue weighted by Crippen LogP contribution is 2.36. The average molecular weight is 317 g/mol. The molecule has 1 aliphatic heterocycles. The van der Waals surface area contributed by atoms with E-state index in [1.807, 2.05) is 12.1 Å². The second-order valence-electron chi connectivity index (χ2n) is 4.94. The Hall–Kier alpha value is -2.33. The van der Waals surface area contributed by atoms with Crippen molar-refractivity contribution in [2.75, 3.05) is 6.79 Å². The van der Waals surface area contributed by atoms with E-state index in [0.717, 1.165) is 5.56 Å². The number of carbonyl (C=O) groups excluding carboxylic acids is 2. The van der Waals surface area contributed by atoms with Crippen LogP contribution in [0.4, 0.5) is 0 Å². The van der Waals surface area contributed by atoms with Gasteiger partial charge in [-0.25, -0.2) is 0 Å². The third-order valence-corrected chi connectivity index (χ3v) is 3.61. The lowest BCUT2D eigenvalue weighted by atomic mass is 9.96. The zero-order valence-electron chi connectivity index (χ0n) is 11.7. The van der Waals surface area contributed by atoms with Crippen LogP contribution in [-0.2, 0) is 17.6 Å². The summed E-state index contributed by atoms with van der Waals surface area (Å²) in [4.78, 5) is 23.7. The molecule has 5 heteroatoms. The minimum atomic E-state index is -0.488. The van der Waals surface area contributed by atoms with E-state index in [0.29, 0.717) is 22.6 Å². The van der Waals surface area contributed by atoms with E-state index in [1.165, 1.54) is 0 Å². The van der Waals surface area contributed by atoms with E-state index in [1.54, 1.807) is 30.3 Å². The number of benzene rings is 2. The molecule has 1 heterocycles. The van der Waals surface area contributed by atoms with Gasteiger partial charge < -0.3 is 9.47 Å². The zero-order valence-corrected chi connectivity index (χ0v) is 12.4. The molecule has 2 aromatic rings. The fourth-order valence-electron chi connectivity index (χ4n) is 2.49. The summed E-state index contributed by atoms with van der Waals surface area (Å²) in [7, 11) is 0. The fourth-order valence-corrected chi connectivity index (χ4v) is 2.64. The van der Waals surface area contributed by atoms with Crippen molar-refractivity contribution in [1.82, 2.24) is 0 Å². The number of hydrogen-bond donors (Lipinski definition) is 0. The number of rotatable bonds is 5. The Labute approximate surface area is 132 Å². The van der Waals surface area contributed by atoms with Gasteiger partial charge in [0.1, 0.15) is 0 Å². The molecule has 0 aliphatic carbocycles. The lowest BCUT2D eigenvalue weighted by molar-refractivity contribution is -0.111. The van der Waals surface area contributed by atoms with Crippen molar-refractivity contribution >= 4 is 22.6 Å². The van der Waals surface area contributed by atoms with Gasteiger partial charge in [-0.3, -0.25) is 9.59 Å². The van der Waals surface area contributed by atoms with Crippen molar-refractivity contribution in [3.05, 3.63) is 59.2 Å². The average Bonchev–Trinajstić information content (AvgIpc) is 2.96. The molecule has 0 N–H and O–H groups in total. The first-order chi connectivity index (χ1) is 10.6. The smallest absolute Gasteiger partial charge is 0.231 e. The highest BCUT2D eigenvalue weighted by Gasteiger charge is 2.20. The SMILES string of the molecule is O=C(Cl)Cc1ccccc1C(=O)Cc1cccc2c1OCO2. The van der Waals surface area contributed by atoms with Crippen LogP contribution >= 0.6 is 11.6 Å². The first-order valence-electron chi connectivity index (χ1n) is 6.82. The lowest BCUT2D eigenvalue weighted by Gasteiger charge is -2.08. The maximum atomic E-state index is 12.6. The number of para-hydroxylation sites is 1. The molecule has 0 fully saturated rings. The van der Waals surface area contributed by atoms with Gasteiger partial charge in [0.15, 0.2) is 17.3 Å². The summed E-state index contributed by atoms with van der Waals surface area (Å²) in [6.07, 6.45) is 0.218. The van der Waals surface area contributed by atoms with Crippen molar-refractivity contribution in [2.24, 2.45) is 0 Å². The topological polar surface area (TPSA) is 52.6 Å². The standard InChI is InChI=1S/C17H13ClO4/c18-16(20)9-11-4-1-2-6-13(11)14(19)8-12-5-3-7-15-17(12)22-10-21-15/h1-7H,8-10H2. The monoisotopic (exact) mass is 316 g/mol. The van der Waals surface area contributed by atoms with Crippen LogP contribution in [0.15, 0.2) is 42.5 Å². The molecule has 2 aromatic carbocycles. The Bertz CT molecular complexity index is 739. The van der Waals surface area contributed by atoms with Crippen molar-refractivity contribution in [2.45, 2.75) is 12.8 Å². The van der Waals surface area contributed by atoms with E-state index in [9.17, 15) is 9.59 Å². The minimum absolute atomic E-state index is 0.0377. The van der Waals surface area contributed by atoms with Gasteiger partial charge in [0, 0.05) is 24.0 Å². The summed E-state index contributed by atoms with van der Waals surface area (Å²) < 4.78 is 10.7. The van der Waals surface area contributed by atoms with Crippen LogP contribution in [-0.4, -0.2) is 17.8 Å². The van der Waals surface area contributed by atoms with Gasteiger partial charge in [-0.15, -0.1) is 0 Å². The molecule has 1 aliphatic rings. The Morgan fingerprint density at radius 3 is 2.55 bits per heavy atom.